The summed E-state index contributed by atoms with van der Waals surface area (Å²) < 4.78 is 8.13. The summed E-state index contributed by atoms with van der Waals surface area (Å²) in [5.41, 5.74) is 5.30. The number of hydroxylamine groups is 1. The van der Waals surface area contributed by atoms with Gasteiger partial charge in [-0.15, -0.1) is 0 Å². The van der Waals surface area contributed by atoms with Gasteiger partial charge in [0.15, 0.2) is 5.78 Å². The third-order valence-electron chi connectivity index (χ3n) is 5.97. The van der Waals surface area contributed by atoms with E-state index >= 15 is 0 Å². The molecule has 0 aliphatic carbocycles. The van der Waals surface area contributed by atoms with Crippen LogP contribution in [0, 0.1) is 0 Å². The van der Waals surface area contributed by atoms with Crippen LogP contribution in [-0.4, -0.2) is 46.1 Å². The van der Waals surface area contributed by atoms with E-state index in [1.165, 1.54) is 22.5 Å². The van der Waals surface area contributed by atoms with Gasteiger partial charge < -0.3 is 9.30 Å². The molecule has 2 aromatic carbocycles. The van der Waals surface area contributed by atoms with Crippen molar-refractivity contribution in [2.75, 3.05) is 19.7 Å². The van der Waals surface area contributed by atoms with Crippen LogP contribution >= 0.6 is 0 Å². The molecule has 7 nitrogen and oxygen atoms in total. The number of benzene rings is 2. The molecule has 1 aliphatic rings. The highest BCUT2D eigenvalue weighted by atomic mass is 16.5. The predicted octanol–water partition coefficient (Wildman–Crippen LogP) is 3.94. The van der Waals surface area contributed by atoms with Gasteiger partial charge in [0, 0.05) is 49.7 Å². The summed E-state index contributed by atoms with van der Waals surface area (Å²) in [5.74, 6) is -0.0227. The Balaban J connectivity index is 1.47. The molecule has 0 radical (unpaired) electrons. The van der Waals surface area contributed by atoms with Crippen molar-refractivity contribution < 1.29 is 19.5 Å². The van der Waals surface area contributed by atoms with Crippen molar-refractivity contribution in [2.24, 2.45) is 7.05 Å². The average molecular weight is 448 g/mol. The van der Waals surface area contributed by atoms with Gasteiger partial charge in [-0.3, -0.25) is 19.7 Å². The zero-order valence-electron chi connectivity index (χ0n) is 18.8. The van der Waals surface area contributed by atoms with Crippen LogP contribution in [0.25, 0.3) is 17.0 Å². The second kappa shape index (κ2) is 10.5. The molecule has 4 rings (SSSR count). The number of nitrogens with zero attached hydrogens (tertiary/aromatic N) is 2. The lowest BCUT2D eigenvalue weighted by Gasteiger charge is -2.21. The second-order valence-corrected chi connectivity index (χ2v) is 8.35. The summed E-state index contributed by atoms with van der Waals surface area (Å²) in [6, 6.07) is 13.7. The van der Waals surface area contributed by atoms with Gasteiger partial charge >= 0.3 is 0 Å². The molecule has 0 saturated carbocycles. The highest BCUT2D eigenvalue weighted by molar-refractivity contribution is 5.99. The molecule has 1 aliphatic heterocycles. The zero-order chi connectivity index (χ0) is 23.2. The predicted molar refractivity (Wildman–Crippen MR) is 127 cm³/mol. The van der Waals surface area contributed by atoms with E-state index in [4.69, 9.17) is 9.94 Å². The molecule has 1 amide bonds. The first-order valence-electron chi connectivity index (χ1n) is 11.2. The molecule has 3 aromatic rings. The van der Waals surface area contributed by atoms with Crippen molar-refractivity contribution in [3.05, 3.63) is 71.4 Å². The van der Waals surface area contributed by atoms with Crippen LogP contribution in [0.1, 0.15) is 40.7 Å². The van der Waals surface area contributed by atoms with E-state index in [0.717, 1.165) is 32.5 Å². The van der Waals surface area contributed by atoms with Crippen LogP contribution in [0.4, 0.5) is 0 Å². The number of hydrogen-bond donors (Lipinski definition) is 2. The number of nitrogens with one attached hydrogen (secondary N) is 1. The standard InChI is InChI=1S/C26H29N3O4/c1-28-17-20(21-6-2-3-7-23(21)28)18-29-13-4-8-24(30)22-16-19(10-12-26(31)27-32)9-11-25(22)33-15-5-14-29/h2-3,6-7,9-12,16-17,32H,4-5,8,13-15,18H2,1H3,(H,27,31). The first-order chi connectivity index (χ1) is 16.0. The van der Waals surface area contributed by atoms with E-state index < -0.39 is 5.91 Å². The monoisotopic (exact) mass is 447 g/mol. The highest BCUT2D eigenvalue weighted by Crippen LogP contribution is 2.25. The Morgan fingerprint density at radius 2 is 2.00 bits per heavy atom. The first-order valence-corrected chi connectivity index (χ1v) is 11.2. The number of ketones is 1. The molecule has 172 valence electrons. The first kappa shape index (κ1) is 22.8. The number of Topliss-reactive ketones (excluding diaryl/α,β-unsaturated/α-hetero) is 1. The molecule has 0 fully saturated rings. The Morgan fingerprint density at radius 3 is 2.85 bits per heavy atom. The topological polar surface area (TPSA) is 83.8 Å². The molecular weight excluding hydrogens is 418 g/mol. The lowest BCUT2D eigenvalue weighted by Crippen LogP contribution is -2.26. The highest BCUT2D eigenvalue weighted by Gasteiger charge is 2.17. The van der Waals surface area contributed by atoms with Crippen LogP contribution in [0.15, 0.2) is 54.7 Å². The number of aryl methyl sites for hydroxylation is 1. The average Bonchev–Trinajstić information content (AvgIpc) is 3.13. The van der Waals surface area contributed by atoms with Crippen LogP contribution in [0.2, 0.25) is 0 Å². The quantitative estimate of drug-likeness (QED) is 0.360. The summed E-state index contributed by atoms with van der Waals surface area (Å²) >= 11 is 0. The van der Waals surface area contributed by atoms with E-state index in [2.05, 4.69) is 47.0 Å². The van der Waals surface area contributed by atoms with Crippen molar-refractivity contribution in [1.29, 1.82) is 0 Å². The lowest BCUT2D eigenvalue weighted by molar-refractivity contribution is -0.124. The molecule has 0 atom stereocenters. The van der Waals surface area contributed by atoms with Gasteiger partial charge in [0.25, 0.3) is 5.91 Å². The van der Waals surface area contributed by atoms with Gasteiger partial charge in [0.1, 0.15) is 5.75 Å². The van der Waals surface area contributed by atoms with E-state index in [9.17, 15) is 9.59 Å². The molecule has 0 unspecified atom stereocenters. The van der Waals surface area contributed by atoms with Gasteiger partial charge in [-0.05, 0) is 54.8 Å². The molecule has 33 heavy (non-hydrogen) atoms. The number of rotatable bonds is 4. The minimum absolute atomic E-state index is 0.0267. The van der Waals surface area contributed by atoms with Gasteiger partial charge in [-0.1, -0.05) is 24.3 Å². The smallest absolute Gasteiger partial charge is 0.267 e. The maximum atomic E-state index is 13.0. The normalized spacial score (nSPS) is 15.8. The third-order valence-corrected chi connectivity index (χ3v) is 5.97. The molecule has 7 heteroatoms. The number of amides is 1. The van der Waals surface area contributed by atoms with Gasteiger partial charge in [-0.2, -0.15) is 0 Å². The number of fused-ring (bicyclic) bond motifs is 2. The summed E-state index contributed by atoms with van der Waals surface area (Å²) in [5, 5.41) is 9.91. The molecular formula is C26H29N3O4. The fourth-order valence-corrected chi connectivity index (χ4v) is 4.33. The number of carbonyl (C=O) groups excluding carboxylic acids is 2. The number of hydrogen-bond acceptors (Lipinski definition) is 5. The maximum Gasteiger partial charge on any atom is 0.267 e. The van der Waals surface area contributed by atoms with E-state index in [-0.39, 0.29) is 5.78 Å². The van der Waals surface area contributed by atoms with E-state index in [1.807, 2.05) is 0 Å². The Bertz CT molecular complexity index is 1180. The third kappa shape index (κ3) is 5.50. The van der Waals surface area contributed by atoms with Crippen LogP contribution in [0.3, 0.4) is 0 Å². The van der Waals surface area contributed by atoms with Crippen LogP contribution in [-0.2, 0) is 18.4 Å². The van der Waals surface area contributed by atoms with Crippen molar-refractivity contribution in [3.63, 3.8) is 0 Å². The van der Waals surface area contributed by atoms with Crippen LogP contribution < -0.4 is 10.2 Å². The fraction of sp³-hybridized carbons (Fsp3) is 0.308. The lowest BCUT2D eigenvalue weighted by atomic mass is 10.0. The summed E-state index contributed by atoms with van der Waals surface area (Å²) in [7, 11) is 2.07. The molecule has 2 N–H and O–H groups in total. The van der Waals surface area contributed by atoms with Crippen molar-refractivity contribution in [1.82, 2.24) is 14.9 Å². The summed E-state index contributed by atoms with van der Waals surface area (Å²) in [6.07, 6.45) is 7.00. The Hall–Kier alpha value is -3.42. The van der Waals surface area contributed by atoms with E-state index in [0.29, 0.717) is 29.9 Å². The SMILES string of the molecule is Cn1cc(CN2CCCOc3ccc(C=CC(=O)NO)cc3C(=O)CCC2)c2ccccc21. The largest absolute Gasteiger partial charge is 0.493 e. The second-order valence-electron chi connectivity index (χ2n) is 8.35. The minimum Gasteiger partial charge on any atom is -0.493 e. The number of carbonyl (C=O) groups is 2. The molecule has 0 saturated heterocycles. The summed E-state index contributed by atoms with van der Waals surface area (Å²) in [4.78, 5) is 26.6. The van der Waals surface area contributed by atoms with Crippen molar-refractivity contribution in [2.45, 2.75) is 25.8 Å². The van der Waals surface area contributed by atoms with Gasteiger partial charge in [-0.25, -0.2) is 5.48 Å². The number of aromatic nitrogens is 1. The molecule has 2 heterocycles. The Labute approximate surface area is 193 Å². The van der Waals surface area contributed by atoms with Crippen LogP contribution in [0.5, 0.6) is 5.75 Å². The zero-order valence-corrected chi connectivity index (χ0v) is 18.8. The minimum atomic E-state index is -0.625. The van der Waals surface area contributed by atoms with Crippen molar-refractivity contribution in [3.8, 4) is 5.75 Å². The van der Waals surface area contributed by atoms with Gasteiger partial charge in [0.2, 0.25) is 0 Å². The summed E-state index contributed by atoms with van der Waals surface area (Å²) in [6.45, 7) is 3.09. The molecule has 0 spiro atoms. The fourth-order valence-electron chi connectivity index (χ4n) is 4.33. The Kier molecular flexibility index (Phi) is 7.22. The van der Waals surface area contributed by atoms with E-state index in [1.54, 1.807) is 29.8 Å². The van der Waals surface area contributed by atoms with Crippen molar-refractivity contribution >= 4 is 28.7 Å². The molecule has 0 bridgehead atoms. The molecule has 1 aromatic heterocycles. The Morgan fingerprint density at radius 1 is 1.18 bits per heavy atom. The number of para-hydroxylation sites is 1. The maximum absolute atomic E-state index is 13.0. The van der Waals surface area contributed by atoms with Gasteiger partial charge in [0.05, 0.1) is 12.2 Å². The number of ether oxygens (including phenoxy) is 1.